The molecule has 1 amide bonds. The second kappa shape index (κ2) is 5.09. The Morgan fingerprint density at radius 2 is 2.30 bits per heavy atom. The summed E-state index contributed by atoms with van der Waals surface area (Å²) in [4.78, 5) is 16.5. The molecular formula is C15H18N4O. The molecule has 2 heterocycles. The predicted molar refractivity (Wildman–Crippen MR) is 77.8 cm³/mol. The van der Waals surface area contributed by atoms with Crippen LogP contribution in [0, 0.1) is 0 Å². The van der Waals surface area contributed by atoms with Crippen molar-refractivity contribution in [2.45, 2.75) is 25.3 Å². The summed E-state index contributed by atoms with van der Waals surface area (Å²) in [5.41, 5.74) is 1.24. The van der Waals surface area contributed by atoms with Crippen molar-refractivity contribution in [3.05, 3.63) is 43.0 Å². The van der Waals surface area contributed by atoms with Crippen molar-refractivity contribution in [1.82, 2.24) is 14.9 Å². The Hall–Kier alpha value is -2.14. The molecule has 0 aliphatic carbocycles. The predicted octanol–water partition coefficient (Wildman–Crippen LogP) is 1.95. The number of benzene rings is 1. The zero-order valence-electron chi connectivity index (χ0n) is 11.5. The molecule has 5 nitrogen and oxygen atoms in total. The Morgan fingerprint density at radius 1 is 1.45 bits per heavy atom. The number of nitrogens with one attached hydrogen (secondary N) is 2. The van der Waals surface area contributed by atoms with E-state index in [1.807, 2.05) is 42.0 Å². The minimum Gasteiger partial charge on any atom is -0.323 e. The maximum atomic E-state index is 12.5. The van der Waals surface area contributed by atoms with Gasteiger partial charge in [0.25, 0.3) is 0 Å². The van der Waals surface area contributed by atoms with Crippen molar-refractivity contribution in [2.75, 3.05) is 11.9 Å². The first-order valence-electron chi connectivity index (χ1n) is 6.83. The van der Waals surface area contributed by atoms with E-state index in [9.17, 15) is 4.79 Å². The van der Waals surface area contributed by atoms with Crippen LogP contribution in [-0.4, -0.2) is 27.5 Å². The number of hydrogen-bond acceptors (Lipinski definition) is 3. The minimum absolute atomic E-state index is 0.0163. The van der Waals surface area contributed by atoms with E-state index in [0.29, 0.717) is 0 Å². The maximum Gasteiger partial charge on any atom is 0.244 e. The van der Waals surface area contributed by atoms with E-state index in [0.717, 1.165) is 30.8 Å². The van der Waals surface area contributed by atoms with E-state index in [4.69, 9.17) is 0 Å². The molecule has 1 saturated heterocycles. The molecule has 1 aromatic carbocycles. The highest BCUT2D eigenvalue weighted by atomic mass is 16.2. The molecule has 1 fully saturated rings. The quantitative estimate of drug-likeness (QED) is 0.896. The van der Waals surface area contributed by atoms with E-state index < -0.39 is 5.54 Å². The standard InChI is InChI=1S/C15H18N4O/c1-15(7-4-8-17-15)14(20)18-12-5-2-3-6-13(12)19-10-9-16-11-19/h2-3,5-6,9-11,17H,4,7-8H2,1H3,(H,18,20). The fraction of sp³-hybridized carbons (Fsp3) is 0.333. The van der Waals surface area contributed by atoms with Crippen LogP contribution in [0.2, 0.25) is 0 Å². The molecule has 2 N–H and O–H groups in total. The number of anilines is 1. The number of carbonyl (C=O) groups excluding carboxylic acids is 1. The lowest BCUT2D eigenvalue weighted by atomic mass is 9.99. The van der Waals surface area contributed by atoms with Crippen LogP contribution in [0.4, 0.5) is 5.69 Å². The van der Waals surface area contributed by atoms with Crippen LogP contribution >= 0.6 is 0 Å². The van der Waals surface area contributed by atoms with Crippen LogP contribution in [0.1, 0.15) is 19.8 Å². The minimum atomic E-state index is -0.470. The van der Waals surface area contributed by atoms with Crippen LogP contribution in [-0.2, 0) is 4.79 Å². The normalized spacial score (nSPS) is 21.9. The average Bonchev–Trinajstić information content (AvgIpc) is 3.11. The van der Waals surface area contributed by atoms with Crippen molar-refractivity contribution >= 4 is 11.6 Å². The summed E-state index contributed by atoms with van der Waals surface area (Å²) >= 11 is 0. The van der Waals surface area contributed by atoms with Gasteiger partial charge in [-0.1, -0.05) is 12.1 Å². The van der Waals surface area contributed by atoms with Gasteiger partial charge in [0, 0.05) is 12.4 Å². The second-order valence-corrected chi connectivity index (χ2v) is 5.30. The first kappa shape index (κ1) is 12.9. The van der Waals surface area contributed by atoms with Gasteiger partial charge in [0.1, 0.15) is 0 Å². The number of nitrogens with zero attached hydrogens (tertiary/aromatic N) is 2. The zero-order chi connectivity index (χ0) is 14.0. The molecule has 0 radical (unpaired) electrons. The average molecular weight is 270 g/mol. The summed E-state index contributed by atoms with van der Waals surface area (Å²) in [6.45, 7) is 2.85. The largest absolute Gasteiger partial charge is 0.323 e. The molecule has 1 atom stereocenters. The monoisotopic (exact) mass is 270 g/mol. The fourth-order valence-electron chi connectivity index (χ4n) is 2.55. The number of aromatic nitrogens is 2. The third-order valence-electron chi connectivity index (χ3n) is 3.80. The molecular weight excluding hydrogens is 252 g/mol. The van der Waals surface area contributed by atoms with Crippen LogP contribution in [0.15, 0.2) is 43.0 Å². The number of para-hydroxylation sites is 2. The summed E-state index contributed by atoms with van der Waals surface area (Å²) in [6, 6.07) is 7.73. The van der Waals surface area contributed by atoms with E-state index in [2.05, 4.69) is 15.6 Å². The van der Waals surface area contributed by atoms with Gasteiger partial charge in [0.2, 0.25) is 5.91 Å². The van der Waals surface area contributed by atoms with Crippen molar-refractivity contribution in [3.8, 4) is 5.69 Å². The molecule has 1 aliphatic rings. The van der Waals surface area contributed by atoms with Crippen LogP contribution in [0.3, 0.4) is 0 Å². The molecule has 1 aliphatic heterocycles. The Kier molecular flexibility index (Phi) is 3.28. The summed E-state index contributed by atoms with van der Waals surface area (Å²) in [7, 11) is 0. The van der Waals surface area contributed by atoms with E-state index in [1.54, 1.807) is 12.5 Å². The highest BCUT2D eigenvalue weighted by Crippen LogP contribution is 2.24. The SMILES string of the molecule is CC1(C(=O)Nc2ccccc2-n2ccnc2)CCCN1. The fourth-order valence-corrected chi connectivity index (χ4v) is 2.55. The first-order valence-corrected chi connectivity index (χ1v) is 6.83. The Balaban J connectivity index is 1.86. The van der Waals surface area contributed by atoms with Crippen molar-refractivity contribution in [3.63, 3.8) is 0 Å². The summed E-state index contributed by atoms with van der Waals surface area (Å²) in [6.07, 6.45) is 7.21. The number of imidazole rings is 1. The van der Waals surface area contributed by atoms with E-state index in [-0.39, 0.29) is 5.91 Å². The van der Waals surface area contributed by atoms with Crippen molar-refractivity contribution in [2.24, 2.45) is 0 Å². The summed E-state index contributed by atoms with van der Waals surface area (Å²) < 4.78 is 1.89. The first-order chi connectivity index (χ1) is 9.69. The Morgan fingerprint density at radius 3 is 3.00 bits per heavy atom. The van der Waals surface area contributed by atoms with Gasteiger partial charge in [-0.25, -0.2) is 4.98 Å². The maximum absolute atomic E-state index is 12.5. The molecule has 104 valence electrons. The highest BCUT2D eigenvalue weighted by molar-refractivity contribution is 5.99. The van der Waals surface area contributed by atoms with Gasteiger partial charge in [-0.05, 0) is 38.4 Å². The molecule has 3 rings (SSSR count). The molecule has 0 saturated carbocycles. The van der Waals surface area contributed by atoms with E-state index in [1.165, 1.54) is 0 Å². The molecule has 0 spiro atoms. The van der Waals surface area contributed by atoms with Crippen LogP contribution < -0.4 is 10.6 Å². The van der Waals surface area contributed by atoms with Gasteiger partial charge >= 0.3 is 0 Å². The molecule has 20 heavy (non-hydrogen) atoms. The lowest BCUT2D eigenvalue weighted by molar-refractivity contribution is -0.121. The van der Waals surface area contributed by atoms with Gasteiger partial charge in [-0.3, -0.25) is 4.79 Å². The molecule has 1 aromatic heterocycles. The molecule has 2 aromatic rings. The van der Waals surface area contributed by atoms with Gasteiger partial charge < -0.3 is 15.2 Å². The molecule has 0 bridgehead atoms. The third kappa shape index (κ3) is 2.32. The number of amides is 1. The molecule has 1 unspecified atom stereocenters. The topological polar surface area (TPSA) is 59.0 Å². The van der Waals surface area contributed by atoms with Crippen LogP contribution in [0.25, 0.3) is 5.69 Å². The second-order valence-electron chi connectivity index (χ2n) is 5.30. The Bertz CT molecular complexity index is 600. The lowest BCUT2D eigenvalue weighted by Gasteiger charge is -2.24. The zero-order valence-corrected chi connectivity index (χ0v) is 11.5. The third-order valence-corrected chi connectivity index (χ3v) is 3.80. The highest BCUT2D eigenvalue weighted by Gasteiger charge is 2.36. The Labute approximate surface area is 118 Å². The lowest BCUT2D eigenvalue weighted by Crippen LogP contribution is -2.48. The van der Waals surface area contributed by atoms with Crippen molar-refractivity contribution in [1.29, 1.82) is 0 Å². The van der Waals surface area contributed by atoms with Gasteiger partial charge in [0.05, 0.1) is 23.2 Å². The smallest absolute Gasteiger partial charge is 0.244 e. The van der Waals surface area contributed by atoms with E-state index >= 15 is 0 Å². The van der Waals surface area contributed by atoms with Gasteiger partial charge in [-0.2, -0.15) is 0 Å². The number of rotatable bonds is 3. The molecule has 5 heteroatoms. The van der Waals surface area contributed by atoms with Gasteiger partial charge in [-0.15, -0.1) is 0 Å². The summed E-state index contributed by atoms with van der Waals surface area (Å²) in [5.74, 6) is 0.0163. The summed E-state index contributed by atoms with van der Waals surface area (Å²) in [5, 5.41) is 6.31. The van der Waals surface area contributed by atoms with Crippen LogP contribution in [0.5, 0.6) is 0 Å². The van der Waals surface area contributed by atoms with Gasteiger partial charge in [0.15, 0.2) is 0 Å². The van der Waals surface area contributed by atoms with Crippen molar-refractivity contribution < 1.29 is 4.79 Å². The number of carbonyl (C=O) groups is 1. The number of hydrogen-bond donors (Lipinski definition) is 2.